The van der Waals surface area contributed by atoms with Crippen molar-refractivity contribution in [2.45, 2.75) is 44.1 Å². The molecule has 9 nitrogen and oxygen atoms in total. The quantitative estimate of drug-likeness (QED) is 0.452. The summed E-state index contributed by atoms with van der Waals surface area (Å²) < 4.78 is 10.9. The Bertz CT molecular complexity index is 1150. The van der Waals surface area contributed by atoms with E-state index in [-0.39, 0.29) is 24.9 Å². The summed E-state index contributed by atoms with van der Waals surface area (Å²) in [7, 11) is 1.98. The van der Waals surface area contributed by atoms with Gasteiger partial charge in [-0.3, -0.25) is 14.5 Å². The second-order valence-corrected chi connectivity index (χ2v) is 9.51. The van der Waals surface area contributed by atoms with Gasteiger partial charge in [-0.15, -0.1) is 0 Å². The molecule has 1 atom stereocenters. The van der Waals surface area contributed by atoms with Crippen molar-refractivity contribution in [1.82, 2.24) is 9.80 Å². The van der Waals surface area contributed by atoms with Gasteiger partial charge in [0.2, 0.25) is 5.91 Å². The van der Waals surface area contributed by atoms with Crippen molar-refractivity contribution in [3.8, 4) is 0 Å². The van der Waals surface area contributed by atoms with E-state index in [1.165, 1.54) is 10.5 Å². The number of esters is 2. The smallest absolute Gasteiger partial charge is 0.395 e. The number of nitrogens with zero attached hydrogens (tertiary/aromatic N) is 3. The first-order valence-electron chi connectivity index (χ1n) is 12.3. The van der Waals surface area contributed by atoms with E-state index in [0.29, 0.717) is 24.9 Å². The van der Waals surface area contributed by atoms with Crippen molar-refractivity contribution in [3.63, 3.8) is 0 Å². The molecule has 3 aliphatic heterocycles. The van der Waals surface area contributed by atoms with Gasteiger partial charge in [0.15, 0.2) is 0 Å². The van der Waals surface area contributed by atoms with Crippen molar-refractivity contribution in [2.75, 3.05) is 31.6 Å². The molecule has 3 saturated heterocycles. The molecule has 3 fully saturated rings. The Morgan fingerprint density at radius 2 is 1.69 bits per heavy atom. The second-order valence-electron chi connectivity index (χ2n) is 9.51. The van der Waals surface area contributed by atoms with Crippen molar-refractivity contribution in [2.24, 2.45) is 0 Å². The van der Waals surface area contributed by atoms with Crippen LogP contribution in [0.1, 0.15) is 41.6 Å². The van der Waals surface area contributed by atoms with Gasteiger partial charge in [0, 0.05) is 43.3 Å². The maximum Gasteiger partial charge on any atom is 0.422 e. The van der Waals surface area contributed by atoms with Gasteiger partial charge < -0.3 is 19.3 Å². The molecular weight excluding hydrogens is 462 g/mol. The molecule has 5 rings (SSSR count). The highest BCUT2D eigenvalue weighted by molar-refractivity contribution is 6.31. The molecule has 36 heavy (non-hydrogen) atoms. The highest BCUT2D eigenvalue weighted by atomic mass is 16.8. The Morgan fingerprint density at radius 3 is 2.33 bits per heavy atom. The minimum Gasteiger partial charge on any atom is -0.395 e. The van der Waals surface area contributed by atoms with Crippen LogP contribution in [0.5, 0.6) is 0 Å². The zero-order chi connectivity index (χ0) is 25.3. The number of ether oxygens (including phenoxy) is 2. The number of likely N-dealkylation sites (tertiary alicyclic amines) is 1. The summed E-state index contributed by atoms with van der Waals surface area (Å²) >= 11 is 0. The first-order chi connectivity index (χ1) is 17.4. The predicted octanol–water partition coefficient (Wildman–Crippen LogP) is 2.35. The molecular formula is C27H29N3O6. The lowest BCUT2D eigenvalue weighted by Crippen LogP contribution is -2.61. The molecule has 1 unspecified atom stereocenters. The van der Waals surface area contributed by atoms with Gasteiger partial charge in [0.25, 0.3) is 5.91 Å². The van der Waals surface area contributed by atoms with E-state index in [1.54, 1.807) is 29.2 Å². The number of amides is 2. The fourth-order valence-electron chi connectivity index (χ4n) is 5.17. The molecule has 2 amide bonds. The molecule has 0 saturated carbocycles. The lowest BCUT2D eigenvalue weighted by molar-refractivity contribution is -0.255. The van der Waals surface area contributed by atoms with Crippen LogP contribution in [0, 0.1) is 0 Å². The average Bonchev–Trinajstić information content (AvgIpc) is 3.44. The SMILES string of the molecule is CN(CCc1ccccc1)C1CCN(C(=O)c2ccc(N3CCCC3=O)cc2)C2(C1)OC(=O)C(=O)O2. The first kappa shape index (κ1) is 24.0. The third-order valence-corrected chi connectivity index (χ3v) is 7.23. The fraction of sp³-hybridized carbons (Fsp3) is 0.407. The molecule has 0 bridgehead atoms. The lowest BCUT2D eigenvalue weighted by Gasteiger charge is -2.45. The Hall–Kier alpha value is -3.72. The normalized spacial score (nSPS) is 21.3. The van der Waals surface area contributed by atoms with E-state index >= 15 is 0 Å². The van der Waals surface area contributed by atoms with Crippen LogP contribution in [0.3, 0.4) is 0 Å². The van der Waals surface area contributed by atoms with Gasteiger partial charge in [-0.1, -0.05) is 30.3 Å². The molecule has 2 aromatic carbocycles. The molecule has 2 aromatic rings. The maximum absolute atomic E-state index is 13.5. The summed E-state index contributed by atoms with van der Waals surface area (Å²) in [5, 5.41) is 0. The monoisotopic (exact) mass is 491 g/mol. The molecule has 3 aliphatic rings. The maximum atomic E-state index is 13.5. The highest BCUT2D eigenvalue weighted by Crippen LogP contribution is 2.38. The number of hydrogen-bond acceptors (Lipinski definition) is 7. The van der Waals surface area contributed by atoms with Crippen LogP contribution < -0.4 is 4.90 Å². The van der Waals surface area contributed by atoms with Gasteiger partial charge in [-0.2, -0.15) is 0 Å². The number of hydrogen-bond donors (Lipinski definition) is 0. The van der Waals surface area contributed by atoms with Crippen LogP contribution in [0.15, 0.2) is 54.6 Å². The number of piperidine rings is 1. The number of anilines is 1. The third kappa shape index (κ3) is 4.58. The summed E-state index contributed by atoms with van der Waals surface area (Å²) in [6, 6.07) is 16.8. The number of likely N-dealkylation sites (N-methyl/N-ethyl adjacent to an activating group) is 1. The number of rotatable bonds is 6. The minimum absolute atomic E-state index is 0.0555. The molecule has 188 valence electrons. The standard InChI is InChI=1S/C27H29N3O6/c1-28(16-13-19-6-3-2-4-7-19)22-14-17-30(27(18-22)35-25(33)26(34)36-27)24(32)20-9-11-21(12-10-20)29-15-5-8-23(29)31/h2-4,6-7,9-12,22H,5,8,13-18H2,1H3. The fourth-order valence-corrected chi connectivity index (χ4v) is 5.17. The van der Waals surface area contributed by atoms with E-state index in [0.717, 1.165) is 25.1 Å². The van der Waals surface area contributed by atoms with Crippen molar-refractivity contribution >= 4 is 29.4 Å². The van der Waals surface area contributed by atoms with Gasteiger partial charge in [0.05, 0.1) is 6.42 Å². The summed E-state index contributed by atoms with van der Waals surface area (Å²) in [5.74, 6) is -4.29. The molecule has 0 N–H and O–H groups in total. The van der Waals surface area contributed by atoms with Gasteiger partial charge in [0.1, 0.15) is 0 Å². The molecule has 3 heterocycles. The van der Waals surface area contributed by atoms with Crippen LogP contribution in [0.2, 0.25) is 0 Å². The van der Waals surface area contributed by atoms with Crippen LogP contribution in [-0.2, 0) is 30.3 Å². The topological polar surface area (TPSA) is 96.5 Å². The summed E-state index contributed by atoms with van der Waals surface area (Å²) in [4.78, 5) is 54.9. The van der Waals surface area contributed by atoms with Crippen molar-refractivity contribution < 1.29 is 28.7 Å². The van der Waals surface area contributed by atoms with E-state index < -0.39 is 23.8 Å². The molecule has 9 heteroatoms. The number of benzene rings is 2. The van der Waals surface area contributed by atoms with E-state index in [9.17, 15) is 19.2 Å². The third-order valence-electron chi connectivity index (χ3n) is 7.23. The Morgan fingerprint density at radius 1 is 1.00 bits per heavy atom. The van der Waals surface area contributed by atoms with E-state index in [2.05, 4.69) is 17.0 Å². The molecule has 0 aromatic heterocycles. The van der Waals surface area contributed by atoms with E-state index in [1.807, 2.05) is 25.2 Å². The predicted molar refractivity (Wildman–Crippen MR) is 130 cm³/mol. The zero-order valence-electron chi connectivity index (χ0n) is 20.2. The first-order valence-corrected chi connectivity index (χ1v) is 12.3. The van der Waals surface area contributed by atoms with Gasteiger partial charge in [-0.05, 0) is 56.1 Å². The number of carbonyl (C=O) groups is 4. The van der Waals surface area contributed by atoms with Crippen molar-refractivity contribution in [3.05, 3.63) is 65.7 Å². The lowest BCUT2D eigenvalue weighted by atomic mass is 9.98. The summed E-state index contributed by atoms with van der Waals surface area (Å²) in [6.45, 7) is 1.68. The van der Waals surface area contributed by atoms with Gasteiger partial charge >= 0.3 is 17.8 Å². The Kier molecular flexibility index (Phi) is 6.49. The molecule has 0 radical (unpaired) electrons. The molecule has 1 spiro atoms. The largest absolute Gasteiger partial charge is 0.422 e. The number of carbonyl (C=O) groups excluding carboxylic acids is 4. The van der Waals surface area contributed by atoms with Crippen molar-refractivity contribution in [1.29, 1.82) is 0 Å². The minimum atomic E-state index is -1.77. The van der Waals surface area contributed by atoms with Crippen LogP contribution >= 0.6 is 0 Å². The average molecular weight is 492 g/mol. The van der Waals surface area contributed by atoms with Crippen LogP contribution in [-0.4, -0.2) is 72.2 Å². The second kappa shape index (κ2) is 9.73. The van der Waals surface area contributed by atoms with Crippen LogP contribution in [0.4, 0.5) is 5.69 Å². The zero-order valence-corrected chi connectivity index (χ0v) is 20.2. The van der Waals surface area contributed by atoms with Crippen LogP contribution in [0.25, 0.3) is 0 Å². The Labute approximate surface area is 209 Å². The summed E-state index contributed by atoms with van der Waals surface area (Å²) in [6.07, 6.45) is 2.98. The summed E-state index contributed by atoms with van der Waals surface area (Å²) in [5.41, 5.74) is 2.31. The van der Waals surface area contributed by atoms with E-state index in [4.69, 9.17) is 9.47 Å². The Balaban J connectivity index is 1.31. The van der Waals surface area contributed by atoms with Gasteiger partial charge in [-0.25, -0.2) is 9.59 Å². The molecule has 0 aliphatic carbocycles. The highest BCUT2D eigenvalue weighted by Gasteiger charge is 2.58.